The molecule has 0 bridgehead atoms. The molecule has 5 rings (SSSR count). The number of hydrogen-bond donors (Lipinski definition) is 4. The van der Waals surface area contributed by atoms with Gasteiger partial charge in [0.1, 0.15) is 17.1 Å². The van der Waals surface area contributed by atoms with E-state index in [2.05, 4.69) is 25.7 Å². The molecule has 0 fully saturated rings. The van der Waals surface area contributed by atoms with Crippen LogP contribution >= 0.6 is 11.8 Å². The Morgan fingerprint density at radius 1 is 1.07 bits per heavy atom. The summed E-state index contributed by atoms with van der Waals surface area (Å²) in [5.74, 6) is 1.95. The van der Waals surface area contributed by atoms with Crippen LogP contribution in [0.1, 0.15) is 5.69 Å². The number of anilines is 2. The highest BCUT2D eigenvalue weighted by molar-refractivity contribution is 7.99. The maximum atomic E-state index is 11.7. The minimum atomic E-state index is -0.144. The van der Waals surface area contributed by atoms with E-state index in [4.69, 9.17) is 14.7 Å². The number of H-pyrrole nitrogens is 3. The van der Waals surface area contributed by atoms with Crippen LogP contribution in [0, 0.1) is 6.92 Å². The number of aromatic amines is 3. The van der Waals surface area contributed by atoms with Crippen LogP contribution in [0.25, 0.3) is 21.8 Å². The molecule has 0 spiro atoms. The first-order chi connectivity index (χ1) is 14.6. The molecule has 0 atom stereocenters. The van der Waals surface area contributed by atoms with Crippen molar-refractivity contribution in [2.45, 2.75) is 17.0 Å². The number of nitrogens with zero attached hydrogens (tertiary/aromatic N) is 3. The summed E-state index contributed by atoms with van der Waals surface area (Å²) >= 11 is 1.39. The first kappa shape index (κ1) is 18.3. The van der Waals surface area contributed by atoms with E-state index in [1.165, 1.54) is 11.8 Å². The summed E-state index contributed by atoms with van der Waals surface area (Å²) in [6, 6.07) is 13.1. The topological polar surface area (TPSA) is 124 Å². The maximum Gasteiger partial charge on any atom is 0.271 e. The van der Waals surface area contributed by atoms with E-state index in [0.29, 0.717) is 33.4 Å². The van der Waals surface area contributed by atoms with Gasteiger partial charge in [-0.2, -0.15) is 5.10 Å². The fourth-order valence-corrected chi connectivity index (χ4v) is 4.00. The minimum Gasteiger partial charge on any atom is -0.494 e. The first-order valence-electron chi connectivity index (χ1n) is 9.13. The summed E-state index contributed by atoms with van der Waals surface area (Å²) in [6.07, 6.45) is 0. The number of nitrogens with one attached hydrogen (secondary N) is 4. The van der Waals surface area contributed by atoms with Gasteiger partial charge in [-0.05, 0) is 49.0 Å². The Labute approximate surface area is 174 Å². The van der Waals surface area contributed by atoms with Crippen molar-refractivity contribution in [3.63, 3.8) is 0 Å². The molecule has 0 aliphatic rings. The Balaban J connectivity index is 1.60. The highest BCUT2D eigenvalue weighted by atomic mass is 32.2. The van der Waals surface area contributed by atoms with E-state index in [9.17, 15) is 4.79 Å². The van der Waals surface area contributed by atoms with Crippen LogP contribution in [-0.4, -0.2) is 37.5 Å². The summed E-state index contributed by atoms with van der Waals surface area (Å²) in [6.45, 7) is 1.93. The molecule has 0 amide bonds. The third kappa shape index (κ3) is 3.26. The Morgan fingerprint density at radius 2 is 1.97 bits per heavy atom. The van der Waals surface area contributed by atoms with E-state index in [-0.39, 0.29) is 5.56 Å². The molecular formula is C20H17N7O2S. The van der Waals surface area contributed by atoms with E-state index >= 15 is 0 Å². The average Bonchev–Trinajstić information content (AvgIpc) is 3.32. The van der Waals surface area contributed by atoms with E-state index in [1.54, 1.807) is 13.2 Å². The summed E-state index contributed by atoms with van der Waals surface area (Å²) in [5, 5.41) is 17.9. The first-order valence-corrected chi connectivity index (χ1v) is 9.94. The van der Waals surface area contributed by atoms with Gasteiger partial charge in [0, 0.05) is 22.0 Å². The lowest BCUT2D eigenvalue weighted by Crippen LogP contribution is -2.00. The van der Waals surface area contributed by atoms with Crippen molar-refractivity contribution in [1.29, 1.82) is 0 Å². The van der Waals surface area contributed by atoms with Crippen LogP contribution in [0.3, 0.4) is 0 Å². The zero-order chi connectivity index (χ0) is 20.7. The molecule has 0 aliphatic carbocycles. The van der Waals surface area contributed by atoms with Crippen molar-refractivity contribution >= 4 is 45.2 Å². The second kappa shape index (κ2) is 7.23. The lowest BCUT2D eigenvalue weighted by atomic mass is 10.2. The van der Waals surface area contributed by atoms with Gasteiger partial charge in [0.15, 0.2) is 11.0 Å². The zero-order valence-corrected chi connectivity index (χ0v) is 16.9. The van der Waals surface area contributed by atoms with Gasteiger partial charge in [-0.15, -0.1) is 0 Å². The molecule has 3 aromatic heterocycles. The number of ether oxygens (including phenoxy) is 1. The van der Waals surface area contributed by atoms with Crippen molar-refractivity contribution in [1.82, 2.24) is 30.4 Å². The molecule has 9 nitrogen and oxygen atoms in total. The zero-order valence-electron chi connectivity index (χ0n) is 16.1. The highest BCUT2D eigenvalue weighted by Gasteiger charge is 2.14. The summed E-state index contributed by atoms with van der Waals surface area (Å²) < 4.78 is 5.51. The summed E-state index contributed by atoms with van der Waals surface area (Å²) in [7, 11) is 1.62. The SMILES string of the molecule is COc1cccc2c(Nc3cc(C)[nH]n3)nc(Sc3ccc4c(=O)[nH][nH]c4c3)nc12. The largest absolute Gasteiger partial charge is 0.494 e. The molecule has 150 valence electrons. The number of hydrogen-bond acceptors (Lipinski definition) is 7. The molecule has 0 radical (unpaired) electrons. The Hall–Kier alpha value is -3.79. The monoisotopic (exact) mass is 419 g/mol. The van der Waals surface area contributed by atoms with Crippen LogP contribution in [-0.2, 0) is 0 Å². The van der Waals surface area contributed by atoms with E-state index < -0.39 is 0 Å². The lowest BCUT2D eigenvalue weighted by Gasteiger charge is -2.11. The second-order valence-corrected chi connectivity index (χ2v) is 7.70. The molecule has 0 unspecified atom stereocenters. The van der Waals surface area contributed by atoms with Crippen LogP contribution in [0.15, 0.2) is 57.3 Å². The predicted molar refractivity (Wildman–Crippen MR) is 116 cm³/mol. The molecule has 2 aromatic carbocycles. The molecule has 0 saturated heterocycles. The van der Waals surface area contributed by atoms with Gasteiger partial charge in [0.25, 0.3) is 5.56 Å². The molecule has 0 aliphatic heterocycles. The van der Waals surface area contributed by atoms with Crippen LogP contribution < -0.4 is 15.6 Å². The lowest BCUT2D eigenvalue weighted by molar-refractivity contribution is 0.418. The number of fused-ring (bicyclic) bond motifs is 2. The van der Waals surface area contributed by atoms with Gasteiger partial charge in [0.2, 0.25) is 0 Å². The van der Waals surface area contributed by atoms with Crippen molar-refractivity contribution in [2.75, 3.05) is 12.4 Å². The molecular weight excluding hydrogens is 402 g/mol. The highest BCUT2D eigenvalue weighted by Crippen LogP contribution is 2.34. The number of para-hydroxylation sites is 1. The van der Waals surface area contributed by atoms with Gasteiger partial charge >= 0.3 is 0 Å². The number of benzene rings is 2. The quantitative estimate of drug-likeness (QED) is 0.320. The molecule has 3 heterocycles. The molecule has 30 heavy (non-hydrogen) atoms. The third-order valence-corrected chi connectivity index (χ3v) is 5.45. The van der Waals surface area contributed by atoms with Gasteiger partial charge < -0.3 is 10.1 Å². The Morgan fingerprint density at radius 3 is 2.77 bits per heavy atom. The van der Waals surface area contributed by atoms with Crippen molar-refractivity contribution in [2.24, 2.45) is 0 Å². The number of methoxy groups -OCH3 is 1. The van der Waals surface area contributed by atoms with Gasteiger partial charge in [-0.3, -0.25) is 20.1 Å². The standard InChI is InChI=1S/C20H17N7O2S/c1-10-8-16(26-24-10)21-18-13-4-3-5-15(29-2)17(13)22-20(23-18)30-11-6-7-12-14(9-11)25-27-19(12)28/h3-9H,1-2H3,(H2,25,27,28)(H2,21,22,23,24,26). The molecule has 4 N–H and O–H groups in total. The minimum absolute atomic E-state index is 0.144. The number of aromatic nitrogens is 6. The number of rotatable bonds is 5. The van der Waals surface area contributed by atoms with Crippen LogP contribution in [0.4, 0.5) is 11.6 Å². The van der Waals surface area contributed by atoms with E-state index in [0.717, 1.165) is 21.5 Å². The summed E-state index contributed by atoms with van der Waals surface area (Å²) in [5.41, 5.74) is 2.22. The normalized spacial score (nSPS) is 11.3. The molecule has 0 saturated carbocycles. The maximum absolute atomic E-state index is 11.7. The van der Waals surface area contributed by atoms with Gasteiger partial charge in [0.05, 0.1) is 18.0 Å². The van der Waals surface area contributed by atoms with Crippen molar-refractivity contribution in [3.05, 3.63) is 58.5 Å². The van der Waals surface area contributed by atoms with Gasteiger partial charge in [-0.1, -0.05) is 6.07 Å². The molecule has 10 heteroatoms. The fraction of sp³-hybridized carbons (Fsp3) is 0.100. The fourth-order valence-electron chi connectivity index (χ4n) is 3.20. The summed E-state index contributed by atoms with van der Waals surface area (Å²) in [4.78, 5) is 22.1. The van der Waals surface area contributed by atoms with E-state index in [1.807, 2.05) is 43.3 Å². The smallest absolute Gasteiger partial charge is 0.271 e. The average molecular weight is 419 g/mol. The number of aryl methyl sites for hydroxylation is 1. The third-order valence-electron chi connectivity index (χ3n) is 4.60. The van der Waals surface area contributed by atoms with Crippen molar-refractivity contribution < 1.29 is 4.74 Å². The predicted octanol–water partition coefficient (Wildman–Crippen LogP) is 3.73. The van der Waals surface area contributed by atoms with Gasteiger partial charge in [-0.25, -0.2) is 9.97 Å². The Kier molecular flexibility index (Phi) is 4.40. The molecule has 5 aromatic rings. The van der Waals surface area contributed by atoms with Crippen LogP contribution in [0.2, 0.25) is 0 Å². The second-order valence-electron chi connectivity index (χ2n) is 6.66. The Bertz CT molecular complexity index is 1440. The van der Waals surface area contributed by atoms with Crippen molar-refractivity contribution in [3.8, 4) is 5.75 Å². The van der Waals surface area contributed by atoms with Crippen LogP contribution in [0.5, 0.6) is 5.75 Å².